The third-order valence-electron chi connectivity index (χ3n) is 4.91. The van der Waals surface area contributed by atoms with Gasteiger partial charge in [0.2, 0.25) is 0 Å². The summed E-state index contributed by atoms with van der Waals surface area (Å²) in [6.45, 7) is 9.38. The summed E-state index contributed by atoms with van der Waals surface area (Å²) in [5.41, 5.74) is 1.81. The molecule has 0 atom stereocenters. The Bertz CT molecular complexity index is 811. The van der Waals surface area contributed by atoms with Crippen LogP contribution in [-0.2, 0) is 13.2 Å². The minimum absolute atomic E-state index is 0.0494. The van der Waals surface area contributed by atoms with E-state index in [0.717, 1.165) is 43.7 Å². The summed E-state index contributed by atoms with van der Waals surface area (Å²) in [6, 6.07) is 9.88. The van der Waals surface area contributed by atoms with Gasteiger partial charge in [0.15, 0.2) is 11.5 Å². The lowest BCUT2D eigenvalue weighted by Gasteiger charge is -2.18. The normalized spacial score (nSPS) is 11.0. The van der Waals surface area contributed by atoms with Crippen LogP contribution in [0.4, 0.5) is 5.69 Å². The van der Waals surface area contributed by atoms with Crippen molar-refractivity contribution in [1.82, 2.24) is 10.2 Å². The molecule has 0 unspecified atom stereocenters. The van der Waals surface area contributed by atoms with Gasteiger partial charge in [0.25, 0.3) is 5.69 Å². The third kappa shape index (κ3) is 7.16. The zero-order valence-electron chi connectivity index (χ0n) is 17.8. The van der Waals surface area contributed by atoms with Gasteiger partial charge in [-0.15, -0.1) is 0 Å². The van der Waals surface area contributed by atoms with Crippen LogP contribution in [0.15, 0.2) is 36.4 Å². The summed E-state index contributed by atoms with van der Waals surface area (Å²) in [4.78, 5) is 12.7. The molecular weight excluding hydrogens is 406 g/mol. The van der Waals surface area contributed by atoms with Gasteiger partial charge in [-0.2, -0.15) is 0 Å². The molecule has 2 aromatic rings. The number of rotatable bonds is 13. The Balaban J connectivity index is 1.92. The molecule has 0 bridgehead atoms. The molecule has 2 aromatic carbocycles. The van der Waals surface area contributed by atoms with Crippen molar-refractivity contribution in [2.75, 3.05) is 33.3 Å². The van der Waals surface area contributed by atoms with Crippen LogP contribution in [-0.4, -0.2) is 43.1 Å². The largest absolute Gasteiger partial charge is 0.493 e. The minimum Gasteiger partial charge on any atom is -0.493 e. The average Bonchev–Trinajstić information content (AvgIpc) is 2.76. The number of ether oxygens (including phenoxy) is 2. The van der Waals surface area contributed by atoms with E-state index >= 15 is 0 Å². The van der Waals surface area contributed by atoms with Gasteiger partial charge < -0.3 is 19.7 Å². The lowest BCUT2D eigenvalue weighted by Crippen LogP contribution is -2.27. The zero-order chi connectivity index (χ0) is 21.9. The Labute approximate surface area is 183 Å². The summed E-state index contributed by atoms with van der Waals surface area (Å²) >= 11 is 6.45. The Morgan fingerprint density at radius 3 is 2.43 bits per heavy atom. The van der Waals surface area contributed by atoms with Crippen LogP contribution in [0.5, 0.6) is 11.5 Å². The Morgan fingerprint density at radius 2 is 1.83 bits per heavy atom. The monoisotopic (exact) mass is 435 g/mol. The Morgan fingerprint density at radius 1 is 1.13 bits per heavy atom. The van der Waals surface area contributed by atoms with Gasteiger partial charge in [-0.3, -0.25) is 10.1 Å². The molecule has 1 N–H and O–H groups in total. The molecule has 8 heteroatoms. The molecule has 164 valence electrons. The summed E-state index contributed by atoms with van der Waals surface area (Å²) < 4.78 is 11.3. The first kappa shape index (κ1) is 23.9. The predicted octanol–water partition coefficient (Wildman–Crippen LogP) is 4.66. The highest BCUT2D eigenvalue weighted by Gasteiger charge is 2.12. The highest BCUT2D eigenvalue weighted by molar-refractivity contribution is 6.31. The number of hydrogen-bond donors (Lipinski definition) is 1. The number of nitro groups is 1. The molecule has 0 spiro atoms. The van der Waals surface area contributed by atoms with E-state index < -0.39 is 4.92 Å². The summed E-state index contributed by atoms with van der Waals surface area (Å²) in [7, 11) is 1.59. The fourth-order valence-corrected chi connectivity index (χ4v) is 3.27. The minimum atomic E-state index is -0.427. The van der Waals surface area contributed by atoms with Crippen molar-refractivity contribution in [3.8, 4) is 11.5 Å². The lowest BCUT2D eigenvalue weighted by atomic mass is 10.2. The van der Waals surface area contributed by atoms with E-state index in [2.05, 4.69) is 24.1 Å². The summed E-state index contributed by atoms with van der Waals surface area (Å²) in [5, 5.41) is 14.8. The highest BCUT2D eigenvalue weighted by atomic mass is 35.5. The summed E-state index contributed by atoms with van der Waals surface area (Å²) in [6.07, 6.45) is 1.08. The summed E-state index contributed by atoms with van der Waals surface area (Å²) in [5.74, 6) is 1.13. The molecule has 0 saturated carbocycles. The molecule has 0 heterocycles. The zero-order valence-corrected chi connectivity index (χ0v) is 18.6. The molecule has 30 heavy (non-hydrogen) atoms. The molecular formula is C22H30ClN3O4. The fraction of sp³-hybridized carbons (Fsp3) is 0.455. The van der Waals surface area contributed by atoms with Crippen LogP contribution in [0.2, 0.25) is 5.02 Å². The van der Waals surface area contributed by atoms with Crippen molar-refractivity contribution in [2.24, 2.45) is 0 Å². The maximum atomic E-state index is 10.7. The van der Waals surface area contributed by atoms with Crippen LogP contribution in [0.1, 0.15) is 31.4 Å². The van der Waals surface area contributed by atoms with Gasteiger partial charge >= 0.3 is 0 Å². The fourth-order valence-electron chi connectivity index (χ4n) is 3.05. The molecule has 0 aromatic heterocycles. The first-order valence-corrected chi connectivity index (χ1v) is 10.5. The molecule has 0 aliphatic carbocycles. The molecule has 0 fully saturated rings. The van der Waals surface area contributed by atoms with E-state index in [1.807, 2.05) is 6.07 Å². The van der Waals surface area contributed by atoms with Gasteiger partial charge in [-0.05, 0) is 61.9 Å². The number of nitrogens with zero attached hydrogens (tertiary/aromatic N) is 2. The Hall–Kier alpha value is -2.35. The van der Waals surface area contributed by atoms with Crippen molar-refractivity contribution >= 4 is 17.3 Å². The second-order valence-corrected chi connectivity index (χ2v) is 7.27. The second kappa shape index (κ2) is 12.4. The van der Waals surface area contributed by atoms with Crippen molar-refractivity contribution in [3.05, 3.63) is 62.7 Å². The van der Waals surface area contributed by atoms with Crippen molar-refractivity contribution < 1.29 is 14.4 Å². The van der Waals surface area contributed by atoms with Gasteiger partial charge in [0.1, 0.15) is 6.61 Å². The molecule has 0 aliphatic rings. The molecule has 0 aliphatic heterocycles. The maximum Gasteiger partial charge on any atom is 0.269 e. The van der Waals surface area contributed by atoms with E-state index in [0.29, 0.717) is 23.1 Å². The van der Waals surface area contributed by atoms with Crippen molar-refractivity contribution in [2.45, 2.75) is 33.4 Å². The smallest absolute Gasteiger partial charge is 0.269 e. The maximum absolute atomic E-state index is 10.7. The lowest BCUT2D eigenvalue weighted by molar-refractivity contribution is -0.384. The first-order valence-electron chi connectivity index (χ1n) is 10.1. The van der Waals surface area contributed by atoms with E-state index in [1.54, 1.807) is 25.3 Å². The molecule has 2 rings (SSSR count). The van der Waals surface area contributed by atoms with Gasteiger partial charge in [0, 0.05) is 29.8 Å². The van der Waals surface area contributed by atoms with Crippen LogP contribution in [0.25, 0.3) is 0 Å². The Kier molecular flexibility index (Phi) is 9.86. The molecule has 0 amide bonds. The number of halogens is 1. The van der Waals surface area contributed by atoms with E-state index in [9.17, 15) is 10.1 Å². The average molecular weight is 436 g/mol. The highest BCUT2D eigenvalue weighted by Crippen LogP contribution is 2.34. The topological polar surface area (TPSA) is 76.9 Å². The predicted molar refractivity (Wildman–Crippen MR) is 120 cm³/mol. The first-order chi connectivity index (χ1) is 14.5. The number of methoxy groups -OCH3 is 1. The van der Waals surface area contributed by atoms with Crippen molar-refractivity contribution in [1.29, 1.82) is 0 Å². The van der Waals surface area contributed by atoms with Gasteiger partial charge in [-0.1, -0.05) is 25.4 Å². The SMILES string of the molecule is CCN(CC)CCCNCc1cc(OC)c(OCc2ccc([N+](=O)[O-])cc2)cc1Cl. The number of benzene rings is 2. The van der Waals surface area contributed by atoms with E-state index in [4.69, 9.17) is 21.1 Å². The molecule has 0 radical (unpaired) electrons. The number of hydrogen-bond acceptors (Lipinski definition) is 6. The van der Waals surface area contributed by atoms with E-state index in [-0.39, 0.29) is 12.3 Å². The number of non-ortho nitro benzene ring substituents is 1. The van der Waals surface area contributed by atoms with E-state index in [1.165, 1.54) is 12.1 Å². The van der Waals surface area contributed by atoms with Crippen molar-refractivity contribution in [3.63, 3.8) is 0 Å². The standard InChI is InChI=1S/C22H30ClN3O4/c1-4-25(5-2)12-6-11-24-15-18-13-21(29-3)22(14-20(18)23)30-16-17-7-9-19(10-8-17)26(27)28/h7-10,13-14,24H,4-6,11-12,15-16H2,1-3H3. The van der Waals surface area contributed by atoms with Crippen LogP contribution in [0, 0.1) is 10.1 Å². The molecule has 0 saturated heterocycles. The van der Waals surface area contributed by atoms with Crippen LogP contribution < -0.4 is 14.8 Å². The van der Waals surface area contributed by atoms with Gasteiger partial charge in [0.05, 0.1) is 12.0 Å². The number of nitrogens with one attached hydrogen (secondary N) is 1. The van der Waals surface area contributed by atoms with Gasteiger partial charge in [-0.25, -0.2) is 0 Å². The second-order valence-electron chi connectivity index (χ2n) is 6.86. The third-order valence-corrected chi connectivity index (χ3v) is 5.26. The van der Waals surface area contributed by atoms with Crippen LogP contribution in [0.3, 0.4) is 0 Å². The number of nitro benzene ring substituents is 1. The molecule has 7 nitrogen and oxygen atoms in total. The quantitative estimate of drug-likeness (QED) is 0.280. The van der Waals surface area contributed by atoms with Crippen LogP contribution >= 0.6 is 11.6 Å².